The van der Waals surface area contributed by atoms with E-state index in [-0.39, 0.29) is 0 Å². The standard InChI is InChI=1S/C29H52/c1-20-22(3)26-16-10-12-18-28(26)24(20)14-8-6-5-7-9-15-25-21(2)23(4)27-17-11-13-19-29(25)27/h20-29H,5-19H2,1-4H3. The molecule has 0 heteroatoms. The van der Waals surface area contributed by atoms with Crippen molar-refractivity contribution in [1.82, 2.24) is 0 Å². The van der Waals surface area contributed by atoms with Gasteiger partial charge >= 0.3 is 0 Å². The molecule has 0 aromatic carbocycles. The van der Waals surface area contributed by atoms with Crippen LogP contribution in [0, 0.1) is 59.2 Å². The number of rotatable bonds is 8. The minimum Gasteiger partial charge on any atom is -0.0620 e. The number of hydrogen-bond acceptors (Lipinski definition) is 0. The Morgan fingerprint density at radius 1 is 0.414 bits per heavy atom. The van der Waals surface area contributed by atoms with Crippen LogP contribution in [0.5, 0.6) is 0 Å². The Hall–Kier alpha value is 0. The molecule has 0 aliphatic heterocycles. The Morgan fingerprint density at radius 3 is 1.17 bits per heavy atom. The van der Waals surface area contributed by atoms with Gasteiger partial charge in [0.25, 0.3) is 0 Å². The largest absolute Gasteiger partial charge is 0.0620 e. The number of unbranched alkanes of at least 4 members (excludes halogenated alkanes) is 4. The molecule has 4 saturated carbocycles. The maximum atomic E-state index is 2.59. The van der Waals surface area contributed by atoms with Crippen molar-refractivity contribution >= 4 is 0 Å². The van der Waals surface area contributed by atoms with Gasteiger partial charge in [0.15, 0.2) is 0 Å². The summed E-state index contributed by atoms with van der Waals surface area (Å²) in [5.41, 5.74) is 0. The monoisotopic (exact) mass is 400 g/mol. The fourth-order valence-corrected chi connectivity index (χ4v) is 9.33. The van der Waals surface area contributed by atoms with Gasteiger partial charge in [0.05, 0.1) is 0 Å². The summed E-state index contributed by atoms with van der Waals surface area (Å²) in [5, 5.41) is 0. The minimum atomic E-state index is 0.998. The molecule has 29 heavy (non-hydrogen) atoms. The third kappa shape index (κ3) is 4.62. The molecule has 0 aromatic heterocycles. The molecule has 4 aliphatic carbocycles. The Bertz CT molecular complexity index is 450. The lowest BCUT2D eigenvalue weighted by Crippen LogP contribution is -2.21. The molecule has 10 atom stereocenters. The van der Waals surface area contributed by atoms with E-state index >= 15 is 0 Å². The van der Waals surface area contributed by atoms with Crippen molar-refractivity contribution in [2.24, 2.45) is 59.2 Å². The van der Waals surface area contributed by atoms with Gasteiger partial charge in [-0.1, -0.05) is 85.5 Å². The summed E-state index contributed by atoms with van der Waals surface area (Å²) in [4.78, 5) is 0. The van der Waals surface area contributed by atoms with Crippen LogP contribution in [0.4, 0.5) is 0 Å². The summed E-state index contributed by atoms with van der Waals surface area (Å²) in [6.45, 7) is 10.3. The van der Waals surface area contributed by atoms with E-state index in [2.05, 4.69) is 27.7 Å². The highest BCUT2D eigenvalue weighted by atomic mass is 14.5. The van der Waals surface area contributed by atoms with Crippen molar-refractivity contribution < 1.29 is 0 Å². The van der Waals surface area contributed by atoms with Gasteiger partial charge in [-0.05, 0) is 97.7 Å². The van der Waals surface area contributed by atoms with Crippen molar-refractivity contribution in [2.75, 3.05) is 0 Å². The highest BCUT2D eigenvalue weighted by molar-refractivity contribution is 4.96. The number of hydrogen-bond donors (Lipinski definition) is 0. The van der Waals surface area contributed by atoms with Crippen LogP contribution in [0.1, 0.15) is 124 Å². The van der Waals surface area contributed by atoms with Gasteiger partial charge in [-0.25, -0.2) is 0 Å². The van der Waals surface area contributed by atoms with Crippen LogP contribution in [0.15, 0.2) is 0 Å². The molecular formula is C29H52. The molecule has 4 aliphatic rings. The van der Waals surface area contributed by atoms with Gasteiger partial charge in [-0.2, -0.15) is 0 Å². The van der Waals surface area contributed by atoms with Gasteiger partial charge in [0.2, 0.25) is 0 Å². The smallest absolute Gasteiger partial charge is 0.0352 e. The van der Waals surface area contributed by atoms with Crippen molar-refractivity contribution in [1.29, 1.82) is 0 Å². The van der Waals surface area contributed by atoms with Crippen molar-refractivity contribution in [2.45, 2.75) is 124 Å². The van der Waals surface area contributed by atoms with E-state index in [1.165, 1.54) is 57.8 Å². The van der Waals surface area contributed by atoms with Crippen molar-refractivity contribution in [3.63, 3.8) is 0 Å². The molecule has 168 valence electrons. The van der Waals surface area contributed by atoms with Gasteiger partial charge in [-0.15, -0.1) is 0 Å². The first kappa shape index (κ1) is 22.2. The molecule has 4 fully saturated rings. The summed E-state index contributed by atoms with van der Waals surface area (Å²) < 4.78 is 0. The zero-order valence-corrected chi connectivity index (χ0v) is 20.4. The lowest BCUT2D eigenvalue weighted by Gasteiger charge is -2.31. The predicted octanol–water partition coefficient (Wildman–Crippen LogP) is 9.13. The van der Waals surface area contributed by atoms with Gasteiger partial charge in [0.1, 0.15) is 0 Å². The fourth-order valence-electron chi connectivity index (χ4n) is 9.33. The van der Waals surface area contributed by atoms with Crippen LogP contribution in [0.2, 0.25) is 0 Å². The maximum absolute atomic E-state index is 2.59. The first-order chi connectivity index (χ1) is 14.1. The summed E-state index contributed by atoms with van der Waals surface area (Å²) in [6.07, 6.45) is 23.0. The van der Waals surface area contributed by atoms with E-state index in [4.69, 9.17) is 0 Å². The van der Waals surface area contributed by atoms with Crippen LogP contribution in [0.25, 0.3) is 0 Å². The fraction of sp³-hybridized carbons (Fsp3) is 1.00. The molecule has 0 bridgehead atoms. The minimum absolute atomic E-state index is 0.998. The Balaban J connectivity index is 1.12. The van der Waals surface area contributed by atoms with Crippen LogP contribution in [-0.4, -0.2) is 0 Å². The van der Waals surface area contributed by atoms with E-state index < -0.39 is 0 Å². The average molecular weight is 401 g/mol. The normalized spacial score (nSPS) is 47.2. The van der Waals surface area contributed by atoms with E-state index in [0.29, 0.717) is 0 Å². The zero-order valence-electron chi connectivity index (χ0n) is 20.4. The zero-order chi connectivity index (χ0) is 20.4. The molecule has 0 nitrogen and oxygen atoms in total. The summed E-state index contributed by atoms with van der Waals surface area (Å²) >= 11 is 0. The molecule has 0 aromatic rings. The molecule has 4 rings (SSSR count). The predicted molar refractivity (Wildman–Crippen MR) is 127 cm³/mol. The van der Waals surface area contributed by atoms with Crippen LogP contribution in [0.3, 0.4) is 0 Å². The molecule has 0 heterocycles. The average Bonchev–Trinajstić information content (AvgIpc) is 3.13. The highest BCUT2D eigenvalue weighted by Gasteiger charge is 2.47. The lowest BCUT2D eigenvalue weighted by atomic mass is 9.75. The van der Waals surface area contributed by atoms with E-state index in [1.54, 1.807) is 38.5 Å². The third-order valence-electron chi connectivity index (χ3n) is 11.3. The van der Waals surface area contributed by atoms with Gasteiger partial charge < -0.3 is 0 Å². The Labute approximate surface area is 183 Å². The summed E-state index contributed by atoms with van der Waals surface area (Å²) in [6, 6.07) is 0. The third-order valence-corrected chi connectivity index (χ3v) is 11.3. The SMILES string of the molecule is CC1C(C)C2CCCCC2C1CCCCCCCC1C(C)C(C)C2CCCCC12. The first-order valence-corrected chi connectivity index (χ1v) is 14.1. The van der Waals surface area contributed by atoms with E-state index in [9.17, 15) is 0 Å². The second-order valence-electron chi connectivity index (χ2n) is 12.3. The molecule has 0 saturated heterocycles. The molecule has 0 N–H and O–H groups in total. The number of fused-ring (bicyclic) bond motifs is 2. The van der Waals surface area contributed by atoms with Crippen molar-refractivity contribution in [3.8, 4) is 0 Å². The Kier molecular flexibility index (Phi) is 7.72. The molecular weight excluding hydrogens is 348 g/mol. The van der Waals surface area contributed by atoms with Crippen LogP contribution in [-0.2, 0) is 0 Å². The molecule has 0 radical (unpaired) electrons. The van der Waals surface area contributed by atoms with Crippen LogP contribution >= 0.6 is 0 Å². The second kappa shape index (κ2) is 10.1. The van der Waals surface area contributed by atoms with Crippen LogP contribution < -0.4 is 0 Å². The Morgan fingerprint density at radius 2 is 0.759 bits per heavy atom. The van der Waals surface area contributed by atoms with Crippen molar-refractivity contribution in [3.05, 3.63) is 0 Å². The summed E-state index contributed by atoms with van der Waals surface area (Å²) in [5.74, 6) is 10.5. The quantitative estimate of drug-likeness (QED) is 0.356. The molecule has 0 amide bonds. The second-order valence-corrected chi connectivity index (χ2v) is 12.3. The highest BCUT2D eigenvalue weighted by Crippen LogP contribution is 2.55. The maximum Gasteiger partial charge on any atom is -0.0352 e. The van der Waals surface area contributed by atoms with E-state index in [0.717, 1.165) is 59.2 Å². The van der Waals surface area contributed by atoms with E-state index in [1.807, 2.05) is 0 Å². The topological polar surface area (TPSA) is 0 Å². The van der Waals surface area contributed by atoms with Gasteiger partial charge in [-0.3, -0.25) is 0 Å². The first-order valence-electron chi connectivity index (χ1n) is 14.1. The molecule has 0 spiro atoms. The summed E-state index contributed by atoms with van der Waals surface area (Å²) in [7, 11) is 0. The van der Waals surface area contributed by atoms with Gasteiger partial charge in [0, 0.05) is 0 Å². The molecule has 10 unspecified atom stereocenters. The lowest BCUT2D eigenvalue weighted by molar-refractivity contribution is 0.197.